The van der Waals surface area contributed by atoms with E-state index < -0.39 is 18.1 Å². The highest BCUT2D eigenvalue weighted by atomic mass is 32.1. The highest BCUT2D eigenvalue weighted by Gasteiger charge is 2.39. The van der Waals surface area contributed by atoms with Crippen molar-refractivity contribution in [2.75, 3.05) is 32.8 Å². The molecule has 4 amide bonds. The first-order valence-electron chi connectivity index (χ1n) is 15.1. The van der Waals surface area contributed by atoms with E-state index in [1.165, 1.54) is 11.3 Å². The fourth-order valence-electron chi connectivity index (χ4n) is 5.84. The van der Waals surface area contributed by atoms with Gasteiger partial charge in [0, 0.05) is 37.3 Å². The van der Waals surface area contributed by atoms with Crippen LogP contribution in [0.25, 0.3) is 0 Å². The maximum Gasteiger partial charge on any atom is 0.264 e. The van der Waals surface area contributed by atoms with Gasteiger partial charge in [0.15, 0.2) is 6.61 Å². The minimum atomic E-state index is -0.514. The number of rotatable bonds is 2. The van der Waals surface area contributed by atoms with Crippen LogP contribution in [0.4, 0.5) is 0 Å². The monoisotopic (exact) mass is 616 g/mol. The number of hydrogen-bond acceptors (Lipinski definition) is 7. The minimum absolute atomic E-state index is 0.100. The van der Waals surface area contributed by atoms with Gasteiger partial charge in [0.25, 0.3) is 23.6 Å². The van der Waals surface area contributed by atoms with Crippen LogP contribution in [0.15, 0.2) is 53.9 Å². The van der Waals surface area contributed by atoms with Crippen molar-refractivity contribution in [3.05, 3.63) is 81.0 Å². The van der Waals surface area contributed by atoms with Gasteiger partial charge in [0.05, 0.1) is 17.5 Å². The van der Waals surface area contributed by atoms with Crippen LogP contribution < -0.4 is 20.1 Å². The molecule has 0 saturated carbocycles. The smallest absolute Gasteiger partial charge is 0.264 e. The Bertz CT molecular complexity index is 1550. The first kappa shape index (κ1) is 29.7. The molecule has 2 saturated heterocycles. The van der Waals surface area contributed by atoms with E-state index in [1.54, 1.807) is 23.1 Å². The lowest BCUT2D eigenvalue weighted by molar-refractivity contribution is -0.123. The molecule has 0 radical (unpaired) electrons. The number of ether oxygens (including phenoxy) is 2. The predicted octanol–water partition coefficient (Wildman–Crippen LogP) is 3.78. The van der Waals surface area contributed by atoms with Crippen molar-refractivity contribution in [1.82, 2.24) is 20.4 Å². The molecule has 230 valence electrons. The molecule has 2 fully saturated rings. The van der Waals surface area contributed by atoms with Crippen LogP contribution in [0.2, 0.25) is 0 Å². The molecule has 2 N–H and O–H groups in total. The van der Waals surface area contributed by atoms with Crippen LogP contribution >= 0.6 is 11.3 Å². The second-order valence-electron chi connectivity index (χ2n) is 11.5. The van der Waals surface area contributed by atoms with Gasteiger partial charge in [-0.2, -0.15) is 0 Å². The number of benzene rings is 2. The zero-order valence-electron chi connectivity index (χ0n) is 24.7. The van der Waals surface area contributed by atoms with E-state index >= 15 is 0 Å². The SMILES string of the molecule is Cc1ccsc1C(=O)N1C[C@@H]2NC(=O)c3cc(cc(C(=O)N4CCCCCC4)c3)OCC(=O)NCc3ccc(cc3)O[C@H]2C1. The third kappa shape index (κ3) is 6.72. The van der Waals surface area contributed by atoms with Gasteiger partial charge in [-0.25, -0.2) is 0 Å². The number of hydrogen-bond donors (Lipinski definition) is 2. The van der Waals surface area contributed by atoms with Crippen LogP contribution in [0.5, 0.6) is 11.5 Å². The van der Waals surface area contributed by atoms with Crippen molar-refractivity contribution >= 4 is 35.0 Å². The lowest BCUT2D eigenvalue weighted by Gasteiger charge is -2.22. The van der Waals surface area contributed by atoms with E-state index in [0.717, 1.165) is 36.8 Å². The molecule has 5 heterocycles. The molecule has 10 nitrogen and oxygen atoms in total. The summed E-state index contributed by atoms with van der Waals surface area (Å²) >= 11 is 1.40. The van der Waals surface area contributed by atoms with Crippen molar-refractivity contribution < 1.29 is 28.7 Å². The van der Waals surface area contributed by atoms with E-state index in [4.69, 9.17) is 9.47 Å². The third-order valence-corrected chi connectivity index (χ3v) is 9.31. The Morgan fingerprint density at radius 2 is 1.66 bits per heavy atom. The van der Waals surface area contributed by atoms with Gasteiger partial charge in [-0.1, -0.05) is 25.0 Å². The fraction of sp³-hybridized carbons (Fsp3) is 0.394. The first-order chi connectivity index (χ1) is 21.3. The maximum atomic E-state index is 13.8. The van der Waals surface area contributed by atoms with E-state index in [-0.39, 0.29) is 42.2 Å². The van der Waals surface area contributed by atoms with E-state index in [9.17, 15) is 19.2 Å². The Morgan fingerprint density at radius 3 is 2.39 bits per heavy atom. The second-order valence-corrected chi connectivity index (χ2v) is 12.5. The molecule has 0 aliphatic carbocycles. The summed E-state index contributed by atoms with van der Waals surface area (Å²) in [6.45, 7) is 3.80. The standard InChI is InChI=1S/C33H36N4O6S/c1-21-10-13-44-30(21)33(41)37-18-27-28(19-37)43-25-8-6-22(7-9-25)17-34-29(38)20-42-26-15-23(31(39)35-27)14-24(16-26)32(40)36-11-4-2-3-5-12-36/h6-10,13-16,27-28H,2-5,11-12,17-20H2,1H3,(H,34,38)(H,35,39)/t27-,28-/m0/s1. The molecule has 0 unspecified atom stereocenters. The molecular weight excluding hydrogens is 580 g/mol. The predicted molar refractivity (Wildman–Crippen MR) is 165 cm³/mol. The van der Waals surface area contributed by atoms with Gasteiger partial charge in [-0.3, -0.25) is 19.2 Å². The summed E-state index contributed by atoms with van der Waals surface area (Å²) in [5, 5.41) is 7.80. The Kier molecular flexibility index (Phi) is 8.83. The topological polar surface area (TPSA) is 117 Å². The molecule has 4 aliphatic rings. The molecule has 2 aromatic carbocycles. The van der Waals surface area contributed by atoms with E-state index in [1.807, 2.05) is 47.5 Å². The molecular formula is C33H36N4O6S. The first-order valence-corrected chi connectivity index (χ1v) is 16.0. The zero-order chi connectivity index (χ0) is 30.6. The number of nitrogens with one attached hydrogen (secondary N) is 2. The van der Waals surface area contributed by atoms with Crippen LogP contribution in [-0.2, 0) is 11.3 Å². The highest BCUT2D eigenvalue weighted by Crippen LogP contribution is 2.26. The molecule has 2 atom stereocenters. The largest absolute Gasteiger partial charge is 0.486 e. The number of carbonyl (C=O) groups is 4. The van der Waals surface area contributed by atoms with Crippen LogP contribution in [-0.4, -0.2) is 78.4 Å². The van der Waals surface area contributed by atoms with Crippen LogP contribution in [0.1, 0.15) is 67.2 Å². The average molecular weight is 617 g/mol. The van der Waals surface area contributed by atoms with Gasteiger partial charge in [0.1, 0.15) is 17.6 Å². The Morgan fingerprint density at radius 1 is 0.886 bits per heavy atom. The van der Waals surface area contributed by atoms with Gasteiger partial charge in [-0.15, -0.1) is 11.3 Å². The van der Waals surface area contributed by atoms with Crippen LogP contribution in [0.3, 0.4) is 0 Å². The van der Waals surface area contributed by atoms with E-state index in [2.05, 4.69) is 10.6 Å². The molecule has 4 aliphatic heterocycles. The second kappa shape index (κ2) is 13.1. The number of amides is 4. The summed E-state index contributed by atoms with van der Waals surface area (Å²) in [4.78, 5) is 57.6. The fourth-order valence-corrected chi connectivity index (χ4v) is 6.73. The number of carbonyl (C=O) groups excluding carboxylic acids is 4. The number of nitrogens with zero attached hydrogens (tertiary/aromatic N) is 2. The lowest BCUT2D eigenvalue weighted by Crippen LogP contribution is -2.45. The summed E-state index contributed by atoms with van der Waals surface area (Å²) in [5.41, 5.74) is 2.35. The van der Waals surface area contributed by atoms with Gasteiger partial charge in [0.2, 0.25) is 0 Å². The maximum absolute atomic E-state index is 13.8. The van der Waals surface area contributed by atoms with Gasteiger partial charge < -0.3 is 29.9 Å². The molecule has 1 aromatic heterocycles. The quantitative estimate of drug-likeness (QED) is 0.453. The van der Waals surface area contributed by atoms with Gasteiger partial charge in [-0.05, 0) is 72.7 Å². The molecule has 0 spiro atoms. The number of likely N-dealkylation sites (tertiary alicyclic amines) is 2. The van der Waals surface area contributed by atoms with E-state index in [0.29, 0.717) is 42.4 Å². The Balaban J connectivity index is 1.31. The number of thiophene rings is 1. The summed E-state index contributed by atoms with van der Waals surface area (Å²) in [7, 11) is 0. The number of aryl methyl sites for hydroxylation is 1. The molecule has 11 heteroatoms. The Labute approximate surface area is 260 Å². The van der Waals surface area contributed by atoms with Crippen molar-refractivity contribution in [3.8, 4) is 11.5 Å². The normalized spacial score (nSPS) is 20.8. The van der Waals surface area contributed by atoms with Crippen molar-refractivity contribution in [2.24, 2.45) is 0 Å². The van der Waals surface area contributed by atoms with Crippen LogP contribution in [0, 0.1) is 6.92 Å². The summed E-state index contributed by atoms with van der Waals surface area (Å²) in [5.74, 6) is -0.186. The molecule has 3 aromatic rings. The minimum Gasteiger partial charge on any atom is -0.486 e. The molecule has 4 bridgehead atoms. The summed E-state index contributed by atoms with van der Waals surface area (Å²) in [6.07, 6.45) is 3.51. The zero-order valence-corrected chi connectivity index (χ0v) is 25.5. The van der Waals surface area contributed by atoms with Crippen molar-refractivity contribution in [3.63, 3.8) is 0 Å². The molecule has 7 rings (SSSR count). The third-order valence-electron chi connectivity index (χ3n) is 8.31. The van der Waals surface area contributed by atoms with Gasteiger partial charge >= 0.3 is 0 Å². The average Bonchev–Trinajstić information content (AvgIpc) is 3.53. The summed E-state index contributed by atoms with van der Waals surface area (Å²) in [6, 6.07) is 13.5. The molecule has 44 heavy (non-hydrogen) atoms. The summed E-state index contributed by atoms with van der Waals surface area (Å²) < 4.78 is 12.2. The van der Waals surface area contributed by atoms with Crippen molar-refractivity contribution in [1.29, 1.82) is 0 Å². The Hall–Kier alpha value is -4.38. The van der Waals surface area contributed by atoms with Crippen molar-refractivity contribution in [2.45, 2.75) is 51.3 Å². The number of fused-ring (bicyclic) bond motifs is 7. The highest BCUT2D eigenvalue weighted by molar-refractivity contribution is 7.12. The lowest BCUT2D eigenvalue weighted by atomic mass is 10.1.